The highest BCUT2D eigenvalue weighted by atomic mass is 32.2. The molecule has 23 heavy (non-hydrogen) atoms. The van der Waals surface area contributed by atoms with Gasteiger partial charge in [0.15, 0.2) is 0 Å². The minimum atomic E-state index is -0.189. The number of thioether (sulfide) groups is 1. The molecule has 0 saturated heterocycles. The van der Waals surface area contributed by atoms with E-state index in [4.69, 9.17) is 9.47 Å². The van der Waals surface area contributed by atoms with Crippen LogP contribution in [0.25, 0.3) is 0 Å². The van der Waals surface area contributed by atoms with Crippen molar-refractivity contribution in [3.63, 3.8) is 0 Å². The highest BCUT2D eigenvalue weighted by Crippen LogP contribution is 2.33. The van der Waals surface area contributed by atoms with Gasteiger partial charge in [0, 0.05) is 26.4 Å². The standard InChI is InChI=1S/C14H24N4O4S/c1-20-11-7-6-10(9-12(11)21-2)18-14(15-16-17-18)23-8-4-5-13(19)22-3/h10-12H,4-9H2,1-3H3. The first-order valence-electron chi connectivity index (χ1n) is 7.72. The lowest BCUT2D eigenvalue weighted by atomic mass is 9.90. The Kier molecular flexibility index (Phi) is 7.25. The number of hydrogen-bond donors (Lipinski definition) is 0. The van der Waals surface area contributed by atoms with Crippen molar-refractivity contribution in [2.75, 3.05) is 27.1 Å². The summed E-state index contributed by atoms with van der Waals surface area (Å²) >= 11 is 1.56. The minimum Gasteiger partial charge on any atom is -0.469 e. The van der Waals surface area contributed by atoms with E-state index in [2.05, 4.69) is 20.3 Å². The SMILES string of the molecule is COC(=O)CCCSc1nnnn1C1CCC(OC)C(OC)C1. The maximum absolute atomic E-state index is 11.1. The molecule has 0 bridgehead atoms. The van der Waals surface area contributed by atoms with Gasteiger partial charge in [0.2, 0.25) is 5.16 Å². The molecule has 0 amide bonds. The number of ether oxygens (including phenoxy) is 3. The van der Waals surface area contributed by atoms with Gasteiger partial charge in [-0.05, 0) is 36.1 Å². The van der Waals surface area contributed by atoms with Gasteiger partial charge in [-0.2, -0.15) is 0 Å². The smallest absolute Gasteiger partial charge is 0.305 e. The third-order valence-corrected chi connectivity index (χ3v) is 5.12. The van der Waals surface area contributed by atoms with E-state index in [1.165, 1.54) is 7.11 Å². The molecule has 1 fully saturated rings. The van der Waals surface area contributed by atoms with E-state index in [-0.39, 0.29) is 24.2 Å². The van der Waals surface area contributed by atoms with Crippen molar-refractivity contribution in [3.05, 3.63) is 0 Å². The van der Waals surface area contributed by atoms with E-state index in [9.17, 15) is 4.79 Å². The molecular weight excluding hydrogens is 320 g/mol. The normalized spacial score (nSPS) is 24.6. The molecule has 130 valence electrons. The van der Waals surface area contributed by atoms with Crippen molar-refractivity contribution < 1.29 is 19.0 Å². The molecule has 0 spiro atoms. The van der Waals surface area contributed by atoms with E-state index < -0.39 is 0 Å². The summed E-state index contributed by atoms with van der Waals surface area (Å²) in [6, 6.07) is 0.212. The molecule has 3 unspecified atom stereocenters. The van der Waals surface area contributed by atoms with Gasteiger partial charge in [-0.3, -0.25) is 4.79 Å². The Morgan fingerprint density at radius 2 is 2.04 bits per heavy atom. The summed E-state index contributed by atoms with van der Waals surface area (Å²) in [6.07, 6.45) is 4.04. The van der Waals surface area contributed by atoms with Gasteiger partial charge in [0.1, 0.15) is 0 Å². The van der Waals surface area contributed by atoms with Crippen LogP contribution in [0.15, 0.2) is 5.16 Å². The zero-order valence-corrected chi connectivity index (χ0v) is 14.6. The predicted molar refractivity (Wildman–Crippen MR) is 84.3 cm³/mol. The Bertz CT molecular complexity index is 499. The molecule has 2 rings (SSSR count). The number of carbonyl (C=O) groups is 1. The summed E-state index contributed by atoms with van der Waals surface area (Å²) in [6.45, 7) is 0. The topological polar surface area (TPSA) is 88.4 Å². The van der Waals surface area contributed by atoms with Gasteiger partial charge in [-0.1, -0.05) is 11.8 Å². The van der Waals surface area contributed by atoms with Gasteiger partial charge in [-0.25, -0.2) is 4.68 Å². The van der Waals surface area contributed by atoms with Crippen LogP contribution in [0.1, 0.15) is 38.1 Å². The molecular formula is C14H24N4O4S. The second kappa shape index (κ2) is 9.19. The van der Waals surface area contributed by atoms with Crippen molar-refractivity contribution >= 4 is 17.7 Å². The van der Waals surface area contributed by atoms with Crippen molar-refractivity contribution in [2.24, 2.45) is 0 Å². The Morgan fingerprint density at radius 1 is 1.26 bits per heavy atom. The van der Waals surface area contributed by atoms with E-state index in [0.717, 1.165) is 36.6 Å². The zero-order chi connectivity index (χ0) is 16.7. The first-order chi connectivity index (χ1) is 11.2. The average Bonchev–Trinajstić information content (AvgIpc) is 3.06. The van der Waals surface area contributed by atoms with Crippen LogP contribution in [0.2, 0.25) is 0 Å². The van der Waals surface area contributed by atoms with Crippen LogP contribution in [0, 0.1) is 0 Å². The minimum absolute atomic E-state index is 0.0557. The fourth-order valence-corrected chi connectivity index (χ4v) is 3.70. The molecule has 1 heterocycles. The molecule has 0 aliphatic heterocycles. The molecule has 1 aliphatic carbocycles. The first-order valence-corrected chi connectivity index (χ1v) is 8.71. The van der Waals surface area contributed by atoms with Gasteiger partial charge in [-0.15, -0.1) is 5.10 Å². The maximum atomic E-state index is 11.1. The number of rotatable bonds is 8. The number of tetrazole rings is 1. The third-order valence-electron chi connectivity index (χ3n) is 4.10. The largest absolute Gasteiger partial charge is 0.469 e. The maximum Gasteiger partial charge on any atom is 0.305 e. The van der Waals surface area contributed by atoms with Crippen LogP contribution in [-0.4, -0.2) is 65.5 Å². The summed E-state index contributed by atoms with van der Waals surface area (Å²) in [7, 11) is 4.83. The van der Waals surface area contributed by atoms with E-state index in [1.807, 2.05) is 4.68 Å². The molecule has 0 aromatic carbocycles. The monoisotopic (exact) mass is 344 g/mol. The molecule has 8 nitrogen and oxygen atoms in total. The number of methoxy groups -OCH3 is 3. The number of aromatic nitrogens is 4. The van der Waals surface area contributed by atoms with Crippen molar-refractivity contribution in [2.45, 2.75) is 55.5 Å². The van der Waals surface area contributed by atoms with E-state index in [0.29, 0.717) is 6.42 Å². The zero-order valence-electron chi connectivity index (χ0n) is 13.8. The van der Waals surface area contributed by atoms with E-state index >= 15 is 0 Å². The Hall–Kier alpha value is -1.19. The highest BCUT2D eigenvalue weighted by Gasteiger charge is 2.33. The molecule has 1 aliphatic rings. The highest BCUT2D eigenvalue weighted by molar-refractivity contribution is 7.99. The lowest BCUT2D eigenvalue weighted by molar-refractivity contribution is -0.140. The van der Waals surface area contributed by atoms with Crippen molar-refractivity contribution in [1.82, 2.24) is 20.2 Å². The summed E-state index contributed by atoms with van der Waals surface area (Å²) in [5.41, 5.74) is 0. The van der Waals surface area contributed by atoms with Crippen LogP contribution >= 0.6 is 11.8 Å². The van der Waals surface area contributed by atoms with Gasteiger partial charge in [0.25, 0.3) is 0 Å². The quantitative estimate of drug-likeness (QED) is 0.398. The van der Waals surface area contributed by atoms with Crippen LogP contribution in [0.4, 0.5) is 0 Å². The second-order valence-corrected chi connectivity index (χ2v) is 6.51. The molecule has 3 atom stereocenters. The predicted octanol–water partition coefficient (Wildman–Crippen LogP) is 1.47. The third kappa shape index (κ3) is 4.89. The number of carbonyl (C=O) groups excluding carboxylic acids is 1. The van der Waals surface area contributed by atoms with Crippen LogP contribution in [0.3, 0.4) is 0 Å². The van der Waals surface area contributed by atoms with Crippen molar-refractivity contribution in [3.8, 4) is 0 Å². The molecule has 0 radical (unpaired) electrons. The average molecular weight is 344 g/mol. The van der Waals surface area contributed by atoms with Gasteiger partial charge >= 0.3 is 5.97 Å². The molecule has 1 saturated carbocycles. The van der Waals surface area contributed by atoms with Crippen LogP contribution in [-0.2, 0) is 19.0 Å². The molecule has 9 heteroatoms. The fourth-order valence-electron chi connectivity index (χ4n) is 2.81. The summed E-state index contributed by atoms with van der Waals surface area (Å²) < 4.78 is 17.5. The number of nitrogens with zero attached hydrogens (tertiary/aromatic N) is 4. The lowest BCUT2D eigenvalue weighted by Gasteiger charge is -2.34. The van der Waals surface area contributed by atoms with E-state index in [1.54, 1.807) is 26.0 Å². The second-order valence-electron chi connectivity index (χ2n) is 5.45. The Morgan fingerprint density at radius 3 is 2.74 bits per heavy atom. The van der Waals surface area contributed by atoms with Gasteiger partial charge < -0.3 is 14.2 Å². The Labute approximate surface area is 140 Å². The lowest BCUT2D eigenvalue weighted by Crippen LogP contribution is -2.37. The number of hydrogen-bond acceptors (Lipinski definition) is 8. The fraction of sp³-hybridized carbons (Fsp3) is 0.857. The molecule has 1 aromatic rings. The molecule has 0 N–H and O–H groups in total. The van der Waals surface area contributed by atoms with Gasteiger partial charge in [0.05, 0.1) is 25.4 Å². The number of esters is 1. The molecule has 1 aromatic heterocycles. The summed E-state index contributed by atoms with van der Waals surface area (Å²) in [5, 5.41) is 12.8. The first kappa shape index (κ1) is 18.2. The summed E-state index contributed by atoms with van der Waals surface area (Å²) in [4.78, 5) is 11.1. The van der Waals surface area contributed by atoms with Crippen LogP contribution in [0.5, 0.6) is 0 Å². The van der Waals surface area contributed by atoms with Crippen molar-refractivity contribution in [1.29, 1.82) is 0 Å². The Balaban J connectivity index is 1.89. The summed E-state index contributed by atoms with van der Waals surface area (Å²) in [5.74, 6) is 0.586. The van der Waals surface area contributed by atoms with Crippen LogP contribution < -0.4 is 0 Å².